The summed E-state index contributed by atoms with van der Waals surface area (Å²) in [4.78, 5) is 0. The predicted octanol–water partition coefficient (Wildman–Crippen LogP) is 14.9. The van der Waals surface area contributed by atoms with Crippen molar-refractivity contribution in [3.05, 3.63) is 204 Å². The van der Waals surface area contributed by atoms with Gasteiger partial charge in [-0.15, -0.1) is 0 Å². The zero-order valence-electron chi connectivity index (χ0n) is 33.5. The third kappa shape index (κ3) is 8.93. The molecule has 5 aromatic carbocycles. The molecule has 0 unspecified atom stereocenters. The molecule has 55 heavy (non-hydrogen) atoms. The number of para-hydroxylation sites is 2. The third-order valence-corrected chi connectivity index (χ3v) is 9.71. The molecule has 0 amide bonds. The van der Waals surface area contributed by atoms with Crippen LogP contribution in [-0.4, -0.2) is 4.68 Å². The van der Waals surface area contributed by atoms with Gasteiger partial charge < -0.3 is 0 Å². The van der Waals surface area contributed by atoms with Crippen LogP contribution in [0.4, 0.5) is 5.69 Å². The zero-order valence-corrected chi connectivity index (χ0v) is 33.5. The highest BCUT2D eigenvalue weighted by molar-refractivity contribution is 6.16. The minimum atomic E-state index is 0.370. The fourth-order valence-corrected chi connectivity index (χ4v) is 7.40. The summed E-state index contributed by atoms with van der Waals surface area (Å²) < 4.78 is 2.52. The fraction of sp³-hybridized carbons (Fsp3) is 0.208. The van der Waals surface area contributed by atoms with Crippen molar-refractivity contribution in [2.75, 3.05) is 5.01 Å². The summed E-state index contributed by atoms with van der Waals surface area (Å²) >= 11 is 0. The molecule has 3 aliphatic carbocycles. The van der Waals surface area contributed by atoms with Crippen molar-refractivity contribution < 1.29 is 0 Å². The molecule has 6 aromatic rings. The van der Waals surface area contributed by atoms with Crippen LogP contribution in [0.25, 0.3) is 38.5 Å². The van der Waals surface area contributed by atoms with Crippen LogP contribution < -0.4 is 5.01 Å². The van der Waals surface area contributed by atoms with Crippen molar-refractivity contribution in [1.29, 1.82) is 0 Å². The fourth-order valence-electron chi connectivity index (χ4n) is 7.40. The van der Waals surface area contributed by atoms with Gasteiger partial charge in [-0.05, 0) is 89.4 Å². The first-order chi connectivity index (χ1) is 27.0. The number of fused-ring (bicyclic) bond motifs is 7. The van der Waals surface area contributed by atoms with Gasteiger partial charge in [0, 0.05) is 28.8 Å². The van der Waals surface area contributed by atoms with Gasteiger partial charge in [0.1, 0.15) is 0 Å². The van der Waals surface area contributed by atoms with Crippen LogP contribution in [0, 0.1) is 11.8 Å². The molecule has 2 heteroatoms. The number of anilines is 1. The maximum atomic E-state index is 2.52. The molecule has 3 aliphatic rings. The second-order valence-electron chi connectivity index (χ2n) is 14.6. The molecular formula is C53H56N2. The van der Waals surface area contributed by atoms with Crippen molar-refractivity contribution in [1.82, 2.24) is 4.68 Å². The first-order valence-electron chi connectivity index (χ1n) is 20.1. The Morgan fingerprint density at radius 1 is 0.745 bits per heavy atom. The minimum absolute atomic E-state index is 0.370. The molecule has 1 aromatic heterocycles. The van der Waals surface area contributed by atoms with E-state index in [-0.39, 0.29) is 0 Å². The van der Waals surface area contributed by atoms with Crippen molar-refractivity contribution in [2.45, 2.75) is 60.8 Å². The number of aromatic nitrogens is 1. The summed E-state index contributed by atoms with van der Waals surface area (Å²) in [6.45, 7) is 12.8. The molecule has 0 bridgehead atoms. The highest BCUT2D eigenvalue weighted by Gasteiger charge is 2.29. The summed E-state index contributed by atoms with van der Waals surface area (Å²) in [7, 11) is 0. The highest BCUT2D eigenvalue weighted by Crippen LogP contribution is 2.47. The lowest BCUT2D eigenvalue weighted by atomic mass is 9.93. The SMILES string of the molecule is C/C(=C\C=C/C1C=CC=C1)c1cc2c(c3c1c1ccccc1n3N(C1=CC=CCC1)c1ccccc1)Cc1ccccc1-2.CC.CC(C)C.c1ccccc1. The number of hydrogen-bond acceptors (Lipinski definition) is 1. The molecule has 278 valence electrons. The molecule has 0 fully saturated rings. The van der Waals surface area contributed by atoms with E-state index in [4.69, 9.17) is 0 Å². The lowest BCUT2D eigenvalue weighted by molar-refractivity contribution is 0.737. The molecule has 2 nitrogen and oxygen atoms in total. The minimum Gasteiger partial charge on any atom is -0.253 e. The van der Waals surface area contributed by atoms with Crippen molar-refractivity contribution in [3.63, 3.8) is 0 Å². The van der Waals surface area contributed by atoms with E-state index < -0.39 is 0 Å². The summed E-state index contributed by atoms with van der Waals surface area (Å²) in [5.74, 6) is 1.20. The van der Waals surface area contributed by atoms with E-state index in [0.29, 0.717) is 5.92 Å². The first kappa shape index (κ1) is 38.9. The largest absolute Gasteiger partial charge is 0.253 e. The van der Waals surface area contributed by atoms with Crippen LogP contribution in [0.15, 0.2) is 188 Å². The molecule has 0 spiro atoms. The Kier molecular flexibility index (Phi) is 13.4. The van der Waals surface area contributed by atoms with Crippen LogP contribution in [-0.2, 0) is 6.42 Å². The van der Waals surface area contributed by atoms with E-state index in [1.54, 1.807) is 0 Å². The van der Waals surface area contributed by atoms with Gasteiger partial charge in [0.15, 0.2) is 0 Å². The normalized spacial score (nSPS) is 14.2. The van der Waals surface area contributed by atoms with Gasteiger partial charge >= 0.3 is 0 Å². The van der Waals surface area contributed by atoms with Crippen molar-refractivity contribution >= 4 is 33.1 Å². The maximum Gasteiger partial charge on any atom is 0.0763 e. The topological polar surface area (TPSA) is 8.17 Å². The van der Waals surface area contributed by atoms with Crippen LogP contribution in [0.2, 0.25) is 0 Å². The maximum absolute atomic E-state index is 2.52. The molecular weight excluding hydrogens is 665 g/mol. The standard InChI is InChI=1S/C41H34N2.C6H6.C4H10.C2H6/c1-29(15-14-18-30-16-8-9-17-30)36-28-37-34-24-11-10-19-31(34)27-38(37)41-40(36)35-25-12-13-26-39(35)43(41)42(32-20-4-2-5-21-32)33-22-6-3-7-23-33;1-2-4-6-5-3-1;1-4(2)3;1-2/h2-6,8-22,24-26,28,30H,7,23,27H2,1H3;1-6H;4H,1-3H3;1-2H3/b18-14-,29-15+;;;. The van der Waals surface area contributed by atoms with E-state index in [1.807, 2.05) is 50.2 Å². The van der Waals surface area contributed by atoms with E-state index in [9.17, 15) is 0 Å². The molecule has 0 saturated heterocycles. The van der Waals surface area contributed by atoms with Crippen LogP contribution >= 0.6 is 0 Å². The van der Waals surface area contributed by atoms with Gasteiger partial charge in [0.2, 0.25) is 0 Å². The molecule has 0 aliphatic heterocycles. The van der Waals surface area contributed by atoms with Gasteiger partial charge in [-0.2, -0.15) is 0 Å². The Morgan fingerprint density at radius 3 is 2.04 bits per heavy atom. The lowest BCUT2D eigenvalue weighted by Crippen LogP contribution is -2.29. The average molecular weight is 721 g/mol. The van der Waals surface area contributed by atoms with Gasteiger partial charge in [-0.25, -0.2) is 4.68 Å². The molecule has 0 saturated carbocycles. The van der Waals surface area contributed by atoms with Gasteiger partial charge in [-0.3, -0.25) is 5.01 Å². The van der Waals surface area contributed by atoms with Gasteiger partial charge in [0.25, 0.3) is 0 Å². The molecule has 1 heterocycles. The third-order valence-electron chi connectivity index (χ3n) is 9.71. The second-order valence-corrected chi connectivity index (χ2v) is 14.6. The molecule has 0 atom stereocenters. The first-order valence-corrected chi connectivity index (χ1v) is 20.1. The van der Waals surface area contributed by atoms with E-state index in [1.165, 1.54) is 66.6 Å². The lowest BCUT2D eigenvalue weighted by Gasteiger charge is -2.31. The molecule has 9 rings (SSSR count). The highest BCUT2D eigenvalue weighted by atomic mass is 15.6. The Morgan fingerprint density at radius 2 is 1.36 bits per heavy atom. The monoisotopic (exact) mass is 720 g/mol. The number of benzene rings is 5. The molecule has 0 N–H and O–H groups in total. The van der Waals surface area contributed by atoms with Gasteiger partial charge in [0.05, 0.1) is 16.7 Å². The van der Waals surface area contributed by atoms with E-state index >= 15 is 0 Å². The number of rotatable bonds is 6. The number of nitrogens with zero attached hydrogens (tertiary/aromatic N) is 2. The summed E-state index contributed by atoms with van der Waals surface area (Å²) in [6.07, 6.45) is 25.2. The summed E-state index contributed by atoms with van der Waals surface area (Å²) in [6, 6.07) is 43.2. The Hall–Kier alpha value is -5.86. The van der Waals surface area contributed by atoms with E-state index in [2.05, 4.69) is 183 Å². The van der Waals surface area contributed by atoms with Crippen LogP contribution in [0.1, 0.15) is 71.1 Å². The van der Waals surface area contributed by atoms with Crippen LogP contribution in [0.3, 0.4) is 0 Å². The Bertz CT molecular complexity index is 2320. The van der Waals surface area contributed by atoms with Crippen molar-refractivity contribution in [2.24, 2.45) is 11.8 Å². The van der Waals surface area contributed by atoms with Gasteiger partial charge in [-0.1, -0.05) is 186 Å². The average Bonchev–Trinajstić information content (AvgIpc) is 3.97. The van der Waals surface area contributed by atoms with Crippen molar-refractivity contribution in [3.8, 4) is 11.1 Å². The summed E-state index contributed by atoms with van der Waals surface area (Å²) in [5, 5.41) is 5.09. The Labute approximate surface area is 329 Å². The zero-order chi connectivity index (χ0) is 38.6. The Balaban J connectivity index is 0.000000374. The van der Waals surface area contributed by atoms with Crippen LogP contribution in [0.5, 0.6) is 0 Å². The predicted molar refractivity (Wildman–Crippen MR) is 241 cm³/mol. The molecule has 0 radical (unpaired) electrons. The quantitative estimate of drug-likeness (QED) is 0.155. The van der Waals surface area contributed by atoms with E-state index in [0.717, 1.165) is 25.2 Å². The number of hydrogen-bond donors (Lipinski definition) is 0. The number of allylic oxidation sites excluding steroid dienone is 12. The summed E-state index contributed by atoms with van der Waals surface area (Å²) in [5.41, 5.74) is 13.1. The smallest absolute Gasteiger partial charge is 0.0763 e. The second kappa shape index (κ2) is 18.9.